The Morgan fingerprint density at radius 2 is 1.93 bits per heavy atom. The van der Waals surface area contributed by atoms with Crippen molar-refractivity contribution in [3.63, 3.8) is 0 Å². The third-order valence-electron chi connectivity index (χ3n) is 2.93. The van der Waals surface area contributed by atoms with E-state index in [9.17, 15) is 0 Å². The zero-order valence-corrected chi connectivity index (χ0v) is 10.3. The molecule has 0 aliphatic heterocycles. The summed E-state index contributed by atoms with van der Waals surface area (Å²) in [7, 11) is 0. The number of hydrogen-bond acceptors (Lipinski definition) is 2. The summed E-state index contributed by atoms with van der Waals surface area (Å²) in [4.78, 5) is 0. The van der Waals surface area contributed by atoms with Crippen LogP contribution in [0.15, 0.2) is 0 Å². The van der Waals surface area contributed by atoms with E-state index in [1.165, 1.54) is 25.7 Å². The summed E-state index contributed by atoms with van der Waals surface area (Å²) in [5.74, 6) is 1.48. The Hall–Kier alpha value is 0.210. The summed E-state index contributed by atoms with van der Waals surface area (Å²) >= 11 is 0. The topological polar surface area (TPSA) is 38.0 Å². The van der Waals surface area contributed by atoms with Crippen molar-refractivity contribution in [1.82, 2.24) is 5.32 Å². The minimum absolute atomic E-state index is 0. The number of nitrogens with one attached hydrogen (secondary N) is 1. The van der Waals surface area contributed by atoms with Gasteiger partial charge in [-0.15, -0.1) is 12.4 Å². The van der Waals surface area contributed by atoms with Gasteiger partial charge in [-0.1, -0.05) is 26.7 Å². The first-order chi connectivity index (χ1) is 6.20. The van der Waals surface area contributed by atoms with Gasteiger partial charge in [0.2, 0.25) is 0 Å². The average molecular weight is 221 g/mol. The molecule has 1 fully saturated rings. The fourth-order valence-corrected chi connectivity index (χ4v) is 2.05. The average Bonchev–Trinajstić information content (AvgIpc) is 2.08. The highest BCUT2D eigenvalue weighted by molar-refractivity contribution is 5.85. The molecule has 0 aromatic heterocycles. The zero-order valence-electron chi connectivity index (χ0n) is 9.46. The molecule has 1 saturated carbocycles. The first-order valence-electron chi connectivity index (χ1n) is 5.66. The number of nitrogens with two attached hydrogens (primary N) is 1. The van der Waals surface area contributed by atoms with Crippen LogP contribution in [0.1, 0.15) is 39.5 Å². The summed E-state index contributed by atoms with van der Waals surface area (Å²) in [6.07, 6.45) is 5.27. The molecule has 0 amide bonds. The van der Waals surface area contributed by atoms with Crippen molar-refractivity contribution in [2.24, 2.45) is 17.6 Å². The van der Waals surface area contributed by atoms with E-state index in [-0.39, 0.29) is 12.4 Å². The Balaban J connectivity index is 0.00000169. The Morgan fingerprint density at radius 3 is 2.50 bits per heavy atom. The van der Waals surface area contributed by atoms with Crippen LogP contribution in [0.5, 0.6) is 0 Å². The minimum atomic E-state index is 0. The first kappa shape index (κ1) is 14.2. The van der Waals surface area contributed by atoms with Crippen LogP contribution in [0.2, 0.25) is 0 Å². The van der Waals surface area contributed by atoms with E-state index in [2.05, 4.69) is 19.2 Å². The molecule has 86 valence electrons. The zero-order chi connectivity index (χ0) is 9.68. The van der Waals surface area contributed by atoms with E-state index < -0.39 is 0 Å². The molecule has 1 aliphatic carbocycles. The van der Waals surface area contributed by atoms with Gasteiger partial charge in [-0.25, -0.2) is 0 Å². The van der Waals surface area contributed by atoms with Crippen molar-refractivity contribution in [2.45, 2.75) is 45.6 Å². The minimum Gasteiger partial charge on any atom is -0.327 e. The molecule has 0 spiro atoms. The molecule has 3 N–H and O–H groups in total. The third-order valence-corrected chi connectivity index (χ3v) is 2.93. The van der Waals surface area contributed by atoms with Crippen molar-refractivity contribution in [2.75, 3.05) is 13.1 Å². The lowest BCUT2D eigenvalue weighted by Gasteiger charge is -2.28. The Labute approximate surface area is 94.4 Å². The third kappa shape index (κ3) is 5.18. The van der Waals surface area contributed by atoms with Gasteiger partial charge in [-0.2, -0.15) is 0 Å². The van der Waals surface area contributed by atoms with Crippen molar-refractivity contribution in [3.05, 3.63) is 0 Å². The van der Waals surface area contributed by atoms with Crippen LogP contribution in [0, 0.1) is 11.8 Å². The highest BCUT2D eigenvalue weighted by Gasteiger charge is 2.20. The van der Waals surface area contributed by atoms with Crippen molar-refractivity contribution in [3.8, 4) is 0 Å². The van der Waals surface area contributed by atoms with Crippen LogP contribution in [0.25, 0.3) is 0 Å². The van der Waals surface area contributed by atoms with Crippen molar-refractivity contribution < 1.29 is 0 Å². The molecule has 2 nitrogen and oxygen atoms in total. The van der Waals surface area contributed by atoms with Gasteiger partial charge in [0.1, 0.15) is 0 Å². The maximum atomic E-state index is 6.06. The molecule has 0 saturated heterocycles. The molecule has 0 bridgehead atoms. The van der Waals surface area contributed by atoms with Crippen LogP contribution in [-0.4, -0.2) is 19.1 Å². The molecular formula is C11H25ClN2. The molecule has 0 radical (unpaired) electrons. The molecular weight excluding hydrogens is 196 g/mol. The van der Waals surface area contributed by atoms with Gasteiger partial charge in [0.05, 0.1) is 0 Å². The SMILES string of the molecule is CC(C)CNC[C@@H]1CCCCC1N.Cl. The predicted molar refractivity (Wildman–Crippen MR) is 64.9 cm³/mol. The van der Waals surface area contributed by atoms with Gasteiger partial charge in [-0.05, 0) is 37.8 Å². The highest BCUT2D eigenvalue weighted by Crippen LogP contribution is 2.22. The van der Waals surface area contributed by atoms with Crippen LogP contribution in [0.3, 0.4) is 0 Å². The predicted octanol–water partition coefficient (Wildman–Crippen LogP) is 2.17. The summed E-state index contributed by atoms with van der Waals surface area (Å²) < 4.78 is 0. The summed E-state index contributed by atoms with van der Waals surface area (Å²) in [5.41, 5.74) is 6.06. The fourth-order valence-electron chi connectivity index (χ4n) is 2.05. The molecule has 1 rings (SSSR count). The maximum Gasteiger partial charge on any atom is 0.00792 e. The van der Waals surface area contributed by atoms with E-state index in [0.29, 0.717) is 6.04 Å². The van der Waals surface area contributed by atoms with E-state index in [0.717, 1.165) is 24.9 Å². The molecule has 0 aromatic carbocycles. The van der Waals surface area contributed by atoms with E-state index in [1.807, 2.05) is 0 Å². The first-order valence-corrected chi connectivity index (χ1v) is 5.66. The van der Waals surface area contributed by atoms with Gasteiger partial charge >= 0.3 is 0 Å². The lowest BCUT2D eigenvalue weighted by Crippen LogP contribution is -2.40. The number of rotatable bonds is 4. The second kappa shape index (κ2) is 7.49. The van der Waals surface area contributed by atoms with Crippen molar-refractivity contribution >= 4 is 12.4 Å². The van der Waals surface area contributed by atoms with Crippen LogP contribution in [-0.2, 0) is 0 Å². The molecule has 1 unspecified atom stereocenters. The van der Waals surface area contributed by atoms with Gasteiger partial charge in [0.15, 0.2) is 0 Å². The number of halogens is 1. The largest absolute Gasteiger partial charge is 0.327 e. The van der Waals surface area contributed by atoms with E-state index in [1.54, 1.807) is 0 Å². The monoisotopic (exact) mass is 220 g/mol. The molecule has 3 heteroatoms. The lowest BCUT2D eigenvalue weighted by molar-refractivity contribution is 0.293. The maximum absolute atomic E-state index is 6.06. The fraction of sp³-hybridized carbons (Fsp3) is 1.00. The quantitative estimate of drug-likeness (QED) is 0.762. The van der Waals surface area contributed by atoms with E-state index >= 15 is 0 Å². The highest BCUT2D eigenvalue weighted by atomic mass is 35.5. The standard InChI is InChI=1S/C11H24N2.ClH/c1-9(2)7-13-8-10-5-3-4-6-11(10)12;/h9-11,13H,3-8,12H2,1-2H3;1H/t10-,11?;/m0./s1. The number of hydrogen-bond donors (Lipinski definition) is 2. The van der Waals surface area contributed by atoms with E-state index in [4.69, 9.17) is 5.73 Å². The summed E-state index contributed by atoms with van der Waals surface area (Å²) in [5, 5.41) is 3.50. The van der Waals surface area contributed by atoms with Crippen LogP contribution in [0.4, 0.5) is 0 Å². The Kier molecular flexibility index (Phi) is 7.61. The van der Waals surface area contributed by atoms with Gasteiger partial charge in [0.25, 0.3) is 0 Å². The summed E-state index contributed by atoms with van der Waals surface area (Å²) in [6, 6.07) is 0.452. The second-order valence-electron chi connectivity index (χ2n) is 4.76. The second-order valence-corrected chi connectivity index (χ2v) is 4.76. The Bertz CT molecular complexity index is 139. The molecule has 0 aromatic rings. The van der Waals surface area contributed by atoms with Crippen LogP contribution < -0.4 is 11.1 Å². The van der Waals surface area contributed by atoms with Crippen LogP contribution >= 0.6 is 12.4 Å². The molecule has 0 heterocycles. The summed E-state index contributed by atoms with van der Waals surface area (Å²) in [6.45, 7) is 6.74. The van der Waals surface area contributed by atoms with Gasteiger partial charge in [-0.3, -0.25) is 0 Å². The van der Waals surface area contributed by atoms with Gasteiger partial charge in [0, 0.05) is 6.04 Å². The van der Waals surface area contributed by atoms with Crippen molar-refractivity contribution in [1.29, 1.82) is 0 Å². The molecule has 2 atom stereocenters. The molecule has 14 heavy (non-hydrogen) atoms. The lowest BCUT2D eigenvalue weighted by atomic mass is 9.85. The van der Waals surface area contributed by atoms with Gasteiger partial charge < -0.3 is 11.1 Å². The Morgan fingerprint density at radius 1 is 1.29 bits per heavy atom. The smallest absolute Gasteiger partial charge is 0.00792 e. The normalized spacial score (nSPS) is 27.4. The molecule has 1 aliphatic rings.